The first-order chi connectivity index (χ1) is 9.98. The van der Waals surface area contributed by atoms with Crippen LogP contribution in [0.25, 0.3) is 10.1 Å². The Balaban J connectivity index is 1.61. The number of β-amino-alcohol motifs (C(OH)–C–C–N with tert-alkyl or cyclic N) is 1. The number of thiophene rings is 1. The van der Waals surface area contributed by atoms with Crippen molar-refractivity contribution in [2.24, 2.45) is 5.92 Å². The fourth-order valence-electron chi connectivity index (χ4n) is 2.96. The van der Waals surface area contributed by atoms with Crippen LogP contribution in [0.1, 0.15) is 22.5 Å². The molecule has 6 heteroatoms. The molecule has 0 radical (unpaired) electrons. The van der Waals surface area contributed by atoms with Crippen molar-refractivity contribution in [2.75, 3.05) is 13.1 Å². The van der Waals surface area contributed by atoms with Crippen molar-refractivity contribution in [1.82, 2.24) is 4.90 Å². The molecule has 0 spiro atoms. The van der Waals surface area contributed by atoms with Gasteiger partial charge in [0.2, 0.25) is 0 Å². The van der Waals surface area contributed by atoms with Crippen molar-refractivity contribution in [3.05, 3.63) is 33.9 Å². The van der Waals surface area contributed by atoms with E-state index in [1.54, 1.807) is 11.0 Å². The van der Waals surface area contributed by atoms with Crippen molar-refractivity contribution in [2.45, 2.75) is 18.4 Å². The first-order valence-electron chi connectivity index (χ1n) is 6.87. The Kier molecular flexibility index (Phi) is 2.83. The van der Waals surface area contributed by atoms with Crippen LogP contribution < -0.4 is 0 Å². The van der Waals surface area contributed by atoms with E-state index < -0.39 is 5.60 Å². The third kappa shape index (κ3) is 2.06. The summed E-state index contributed by atoms with van der Waals surface area (Å²) in [5.41, 5.74) is -0.703. The zero-order chi connectivity index (χ0) is 14.8. The monoisotopic (exact) mass is 325 g/mol. The number of carbonyl (C=O) groups excluding carboxylic acids is 1. The van der Waals surface area contributed by atoms with Crippen LogP contribution in [0.3, 0.4) is 0 Å². The highest BCUT2D eigenvalue weighted by atomic mass is 35.5. The Morgan fingerprint density at radius 3 is 2.81 bits per heavy atom. The first-order valence-corrected chi connectivity index (χ1v) is 8.06. The maximum atomic E-state index is 13.2. The van der Waals surface area contributed by atoms with Gasteiger partial charge >= 0.3 is 0 Å². The number of nitrogens with zero attached hydrogens (tertiary/aromatic N) is 1. The summed E-state index contributed by atoms with van der Waals surface area (Å²) in [5, 5.41) is 11.4. The number of fused-ring (bicyclic) bond motifs is 1. The van der Waals surface area contributed by atoms with Gasteiger partial charge in [-0.2, -0.15) is 0 Å². The van der Waals surface area contributed by atoms with Crippen molar-refractivity contribution in [3.63, 3.8) is 0 Å². The number of carbonyl (C=O) groups is 1. The largest absolute Gasteiger partial charge is 0.386 e. The van der Waals surface area contributed by atoms with E-state index in [1.807, 2.05) is 0 Å². The lowest BCUT2D eigenvalue weighted by Gasteiger charge is -2.46. The second-order valence-corrected chi connectivity index (χ2v) is 7.35. The van der Waals surface area contributed by atoms with E-state index in [9.17, 15) is 14.3 Å². The molecular formula is C15H13ClFNO2S. The van der Waals surface area contributed by atoms with Gasteiger partial charge in [0.25, 0.3) is 5.91 Å². The van der Waals surface area contributed by atoms with Crippen molar-refractivity contribution < 1.29 is 14.3 Å². The molecule has 0 bridgehead atoms. The minimum absolute atomic E-state index is 0.174. The molecule has 21 heavy (non-hydrogen) atoms. The molecule has 2 aliphatic rings. The Hall–Kier alpha value is -1.17. The Bertz CT molecular complexity index is 749. The van der Waals surface area contributed by atoms with Gasteiger partial charge in [0, 0.05) is 10.1 Å². The Labute approximate surface area is 129 Å². The molecular weight excluding hydrogens is 313 g/mol. The van der Waals surface area contributed by atoms with E-state index in [1.165, 1.54) is 23.5 Å². The molecule has 4 rings (SSSR count). The van der Waals surface area contributed by atoms with E-state index in [0.717, 1.165) is 12.8 Å². The molecule has 2 fully saturated rings. The summed E-state index contributed by atoms with van der Waals surface area (Å²) in [7, 11) is 0. The lowest BCUT2D eigenvalue weighted by Crippen LogP contribution is -2.64. The van der Waals surface area contributed by atoms with Crippen molar-refractivity contribution >= 4 is 38.9 Å². The van der Waals surface area contributed by atoms with Gasteiger partial charge in [-0.15, -0.1) is 11.3 Å². The molecule has 0 atom stereocenters. The molecule has 3 nitrogen and oxygen atoms in total. The topological polar surface area (TPSA) is 40.5 Å². The van der Waals surface area contributed by atoms with Gasteiger partial charge in [0.1, 0.15) is 16.3 Å². The summed E-state index contributed by atoms with van der Waals surface area (Å²) in [5.74, 6) is -0.174. The van der Waals surface area contributed by atoms with E-state index >= 15 is 0 Å². The molecule has 2 heterocycles. The normalized spacial score (nSPS) is 20.6. The highest BCUT2D eigenvalue weighted by Gasteiger charge is 2.53. The predicted octanol–water partition coefficient (Wildman–Crippen LogP) is 3.29. The van der Waals surface area contributed by atoms with E-state index in [-0.39, 0.29) is 11.7 Å². The van der Waals surface area contributed by atoms with Crippen LogP contribution in [0, 0.1) is 11.7 Å². The van der Waals surface area contributed by atoms with Gasteiger partial charge in [0.15, 0.2) is 0 Å². The van der Waals surface area contributed by atoms with Gasteiger partial charge in [-0.25, -0.2) is 4.39 Å². The zero-order valence-electron chi connectivity index (χ0n) is 11.1. The van der Waals surface area contributed by atoms with E-state index in [0.29, 0.717) is 39.0 Å². The van der Waals surface area contributed by atoms with Gasteiger partial charge in [0.05, 0.1) is 18.1 Å². The van der Waals surface area contributed by atoms with Gasteiger partial charge in [-0.1, -0.05) is 11.6 Å². The predicted molar refractivity (Wildman–Crippen MR) is 80.4 cm³/mol. The molecule has 1 aliphatic heterocycles. The van der Waals surface area contributed by atoms with Crippen molar-refractivity contribution in [1.29, 1.82) is 0 Å². The average Bonchev–Trinajstić information content (AvgIpc) is 3.20. The molecule has 1 saturated carbocycles. The Morgan fingerprint density at radius 1 is 1.43 bits per heavy atom. The molecule has 1 amide bonds. The second kappa shape index (κ2) is 4.41. The minimum Gasteiger partial charge on any atom is -0.386 e. The lowest BCUT2D eigenvalue weighted by molar-refractivity contribution is -0.0956. The van der Waals surface area contributed by atoms with Crippen LogP contribution in [0.4, 0.5) is 4.39 Å². The lowest BCUT2D eigenvalue weighted by atomic mass is 9.88. The number of halogens is 2. The summed E-state index contributed by atoms with van der Waals surface area (Å²) in [4.78, 5) is 14.5. The Morgan fingerprint density at radius 2 is 2.14 bits per heavy atom. The zero-order valence-corrected chi connectivity index (χ0v) is 12.7. The smallest absolute Gasteiger partial charge is 0.265 e. The van der Waals surface area contributed by atoms with Crippen LogP contribution in [0.5, 0.6) is 0 Å². The summed E-state index contributed by atoms with van der Waals surface area (Å²) >= 11 is 7.46. The molecule has 0 unspecified atom stereocenters. The third-order valence-corrected chi connectivity index (χ3v) is 5.98. The SMILES string of the molecule is O=C(c1sc2cc(F)ccc2c1Cl)N1CC(O)(C2CC2)C1. The van der Waals surface area contributed by atoms with Crippen LogP contribution in [-0.4, -0.2) is 34.6 Å². The fourth-order valence-corrected chi connectivity index (χ4v) is 4.46. The highest BCUT2D eigenvalue weighted by Crippen LogP contribution is 2.45. The van der Waals surface area contributed by atoms with Crippen LogP contribution in [0.15, 0.2) is 18.2 Å². The third-order valence-electron chi connectivity index (χ3n) is 4.34. The number of hydrogen-bond acceptors (Lipinski definition) is 3. The number of benzene rings is 1. The van der Waals surface area contributed by atoms with Gasteiger partial charge < -0.3 is 10.0 Å². The van der Waals surface area contributed by atoms with Crippen LogP contribution in [-0.2, 0) is 0 Å². The maximum absolute atomic E-state index is 13.2. The summed E-state index contributed by atoms with van der Waals surface area (Å²) in [6.45, 7) is 0.741. The number of likely N-dealkylation sites (tertiary alicyclic amines) is 1. The number of hydrogen-bond donors (Lipinski definition) is 1. The molecule has 1 N–H and O–H groups in total. The van der Waals surface area contributed by atoms with Crippen molar-refractivity contribution in [3.8, 4) is 0 Å². The van der Waals surface area contributed by atoms with Crippen LogP contribution in [0.2, 0.25) is 5.02 Å². The average molecular weight is 326 g/mol. The molecule has 2 aromatic rings. The highest BCUT2D eigenvalue weighted by molar-refractivity contribution is 7.21. The first kappa shape index (κ1) is 13.5. The van der Waals surface area contributed by atoms with Gasteiger partial charge in [-0.3, -0.25) is 4.79 Å². The summed E-state index contributed by atoms with van der Waals surface area (Å²) in [6.07, 6.45) is 2.09. The maximum Gasteiger partial charge on any atom is 0.265 e. The van der Waals surface area contributed by atoms with Crippen LogP contribution >= 0.6 is 22.9 Å². The molecule has 110 valence electrons. The number of aliphatic hydroxyl groups is 1. The standard InChI is InChI=1S/C15H13ClFNO2S/c16-12-10-4-3-9(17)5-11(10)21-13(12)14(19)18-6-15(20,7-18)8-1-2-8/h3-5,8,20H,1-2,6-7H2. The van der Waals surface area contributed by atoms with E-state index in [2.05, 4.69) is 0 Å². The summed E-state index contributed by atoms with van der Waals surface area (Å²) < 4.78 is 13.9. The van der Waals surface area contributed by atoms with Gasteiger partial charge in [-0.05, 0) is 37.0 Å². The fraction of sp³-hybridized carbons (Fsp3) is 0.400. The number of rotatable bonds is 2. The molecule has 1 saturated heterocycles. The minimum atomic E-state index is -0.703. The molecule has 1 aromatic carbocycles. The molecule has 1 aromatic heterocycles. The second-order valence-electron chi connectivity index (χ2n) is 5.92. The van der Waals surface area contributed by atoms with E-state index in [4.69, 9.17) is 11.6 Å². The quantitative estimate of drug-likeness (QED) is 0.920. The molecule has 1 aliphatic carbocycles. The number of amides is 1. The summed E-state index contributed by atoms with van der Waals surface area (Å²) in [6, 6.07) is 4.32.